The first-order valence-corrected chi connectivity index (χ1v) is 8.42. The highest BCUT2D eigenvalue weighted by Gasteiger charge is 2.11. The van der Waals surface area contributed by atoms with E-state index in [9.17, 15) is 13.6 Å². The van der Waals surface area contributed by atoms with Crippen molar-refractivity contribution >= 4 is 6.03 Å². The fourth-order valence-corrected chi connectivity index (χ4v) is 2.32. The number of carbonyl (C=O) groups excluding carboxylic acids is 1. The number of alkyl halides is 2. The fourth-order valence-electron chi connectivity index (χ4n) is 2.32. The van der Waals surface area contributed by atoms with Gasteiger partial charge in [-0.05, 0) is 29.8 Å². The molecule has 9 heteroatoms. The predicted octanol–water partition coefficient (Wildman–Crippen LogP) is 3.18. The molecule has 0 aromatic heterocycles. The molecule has 2 aromatic rings. The molecule has 7 nitrogen and oxygen atoms in total. The minimum atomic E-state index is -2.94. The van der Waals surface area contributed by atoms with Gasteiger partial charge in [-0.2, -0.15) is 8.78 Å². The molecule has 0 aliphatic carbocycles. The van der Waals surface area contributed by atoms with Crippen molar-refractivity contribution in [3.63, 3.8) is 0 Å². The largest absolute Gasteiger partial charge is 0.493 e. The van der Waals surface area contributed by atoms with Gasteiger partial charge in [0, 0.05) is 6.54 Å². The number of ether oxygens (including phenoxy) is 4. The smallest absolute Gasteiger partial charge is 0.387 e. The van der Waals surface area contributed by atoms with Crippen LogP contribution in [0.1, 0.15) is 5.56 Å². The third-order valence-corrected chi connectivity index (χ3v) is 3.61. The Morgan fingerprint density at radius 1 is 0.964 bits per heavy atom. The van der Waals surface area contributed by atoms with Crippen LogP contribution < -0.4 is 29.6 Å². The average Bonchev–Trinajstić information content (AvgIpc) is 2.70. The van der Waals surface area contributed by atoms with Crippen LogP contribution >= 0.6 is 0 Å². The molecule has 0 atom stereocenters. The summed E-state index contributed by atoms with van der Waals surface area (Å²) in [6, 6.07) is 11.3. The third-order valence-electron chi connectivity index (χ3n) is 3.61. The van der Waals surface area contributed by atoms with E-state index < -0.39 is 12.6 Å². The normalized spacial score (nSPS) is 10.3. The van der Waals surface area contributed by atoms with Crippen LogP contribution in [0.4, 0.5) is 13.6 Å². The Hall–Kier alpha value is -3.23. The Morgan fingerprint density at radius 3 is 2.36 bits per heavy atom. The molecule has 2 rings (SSSR count). The Bertz CT molecular complexity index is 774. The standard InChI is InChI=1S/C19H22F2N2O5/c1-25-14-5-3-4-6-15(14)27-10-9-22-19(24)23-12-13-7-8-16(28-18(20)21)17(11-13)26-2/h3-8,11,18H,9-10,12H2,1-2H3,(H2,22,23,24). The summed E-state index contributed by atoms with van der Waals surface area (Å²) in [5.41, 5.74) is 0.666. The molecule has 2 N–H and O–H groups in total. The van der Waals surface area contributed by atoms with E-state index in [1.807, 2.05) is 12.1 Å². The molecule has 0 fully saturated rings. The number of rotatable bonds is 10. The third kappa shape index (κ3) is 6.49. The number of nitrogens with one attached hydrogen (secondary N) is 2. The molecule has 2 amide bonds. The van der Waals surface area contributed by atoms with Gasteiger partial charge in [0.15, 0.2) is 23.0 Å². The van der Waals surface area contributed by atoms with Crippen LogP contribution in [-0.2, 0) is 6.54 Å². The van der Waals surface area contributed by atoms with E-state index in [0.29, 0.717) is 17.1 Å². The molecule has 0 aliphatic heterocycles. The maximum atomic E-state index is 12.3. The van der Waals surface area contributed by atoms with Crippen LogP contribution in [-0.4, -0.2) is 40.0 Å². The van der Waals surface area contributed by atoms with Crippen molar-refractivity contribution in [2.75, 3.05) is 27.4 Å². The van der Waals surface area contributed by atoms with E-state index in [1.165, 1.54) is 19.2 Å². The fraction of sp³-hybridized carbons (Fsp3) is 0.316. The second kappa shape index (κ2) is 10.8. The highest BCUT2D eigenvalue weighted by atomic mass is 19.3. The van der Waals surface area contributed by atoms with Gasteiger partial charge >= 0.3 is 12.6 Å². The van der Waals surface area contributed by atoms with Crippen LogP contribution in [0.5, 0.6) is 23.0 Å². The van der Waals surface area contributed by atoms with Crippen molar-refractivity contribution in [3.05, 3.63) is 48.0 Å². The number of para-hydroxylation sites is 2. The summed E-state index contributed by atoms with van der Waals surface area (Å²) < 4.78 is 44.8. The zero-order valence-electron chi connectivity index (χ0n) is 15.5. The zero-order chi connectivity index (χ0) is 20.4. The molecule has 0 aliphatic rings. The molecule has 2 aromatic carbocycles. The van der Waals surface area contributed by atoms with Gasteiger partial charge in [0.25, 0.3) is 0 Å². The summed E-state index contributed by atoms with van der Waals surface area (Å²) in [6.07, 6.45) is 0. The molecule has 0 bridgehead atoms. The molecular formula is C19H22F2N2O5. The summed E-state index contributed by atoms with van der Waals surface area (Å²) in [7, 11) is 2.90. The van der Waals surface area contributed by atoms with Crippen molar-refractivity contribution in [2.24, 2.45) is 0 Å². The minimum absolute atomic E-state index is 0.0702. The van der Waals surface area contributed by atoms with Crippen LogP contribution in [0.25, 0.3) is 0 Å². The monoisotopic (exact) mass is 396 g/mol. The number of amides is 2. The Kier molecular flexibility index (Phi) is 8.13. The van der Waals surface area contributed by atoms with Crippen molar-refractivity contribution in [2.45, 2.75) is 13.2 Å². The van der Waals surface area contributed by atoms with Crippen LogP contribution in [0.2, 0.25) is 0 Å². The van der Waals surface area contributed by atoms with Gasteiger partial charge in [0.1, 0.15) is 6.61 Å². The molecule has 0 radical (unpaired) electrons. The van der Waals surface area contributed by atoms with Gasteiger partial charge in [-0.15, -0.1) is 0 Å². The topological polar surface area (TPSA) is 78.1 Å². The van der Waals surface area contributed by atoms with Gasteiger partial charge in [-0.3, -0.25) is 0 Å². The maximum Gasteiger partial charge on any atom is 0.387 e. The van der Waals surface area contributed by atoms with Gasteiger partial charge in [-0.25, -0.2) is 4.79 Å². The molecule has 152 valence electrons. The van der Waals surface area contributed by atoms with Crippen LogP contribution in [0.15, 0.2) is 42.5 Å². The predicted molar refractivity (Wildman–Crippen MR) is 98.4 cm³/mol. The van der Waals surface area contributed by atoms with Crippen molar-refractivity contribution in [3.8, 4) is 23.0 Å². The first-order valence-electron chi connectivity index (χ1n) is 8.42. The number of halogens is 2. The van der Waals surface area contributed by atoms with Crippen molar-refractivity contribution in [1.82, 2.24) is 10.6 Å². The van der Waals surface area contributed by atoms with E-state index in [4.69, 9.17) is 14.2 Å². The number of benzene rings is 2. The molecule has 28 heavy (non-hydrogen) atoms. The lowest BCUT2D eigenvalue weighted by atomic mass is 10.2. The SMILES string of the molecule is COc1ccccc1OCCNC(=O)NCc1ccc(OC(F)F)c(OC)c1. The zero-order valence-corrected chi connectivity index (χ0v) is 15.5. The minimum Gasteiger partial charge on any atom is -0.493 e. The summed E-state index contributed by atoms with van der Waals surface area (Å²) >= 11 is 0. The first kappa shape index (κ1) is 21.1. The highest BCUT2D eigenvalue weighted by Crippen LogP contribution is 2.29. The summed E-state index contributed by atoms with van der Waals surface area (Å²) in [5, 5.41) is 5.31. The second-order valence-electron chi connectivity index (χ2n) is 5.47. The number of carbonyl (C=O) groups is 1. The number of methoxy groups -OCH3 is 2. The van der Waals surface area contributed by atoms with Crippen molar-refractivity contribution < 1.29 is 32.5 Å². The van der Waals surface area contributed by atoms with Crippen molar-refractivity contribution in [1.29, 1.82) is 0 Å². The van der Waals surface area contributed by atoms with E-state index in [1.54, 1.807) is 25.3 Å². The lowest BCUT2D eigenvalue weighted by Crippen LogP contribution is -2.37. The van der Waals surface area contributed by atoms with E-state index >= 15 is 0 Å². The second-order valence-corrected chi connectivity index (χ2v) is 5.47. The van der Waals surface area contributed by atoms with Gasteiger partial charge in [0.2, 0.25) is 0 Å². The molecule has 0 spiro atoms. The Balaban J connectivity index is 1.75. The molecule has 0 unspecified atom stereocenters. The van der Waals surface area contributed by atoms with Crippen LogP contribution in [0, 0.1) is 0 Å². The quantitative estimate of drug-likeness (QED) is 0.603. The van der Waals surface area contributed by atoms with Crippen LogP contribution in [0.3, 0.4) is 0 Å². The lowest BCUT2D eigenvalue weighted by molar-refractivity contribution is -0.0512. The summed E-state index contributed by atoms with van der Waals surface area (Å²) in [6.45, 7) is -2.21. The molecule has 0 saturated heterocycles. The number of hydrogen-bond acceptors (Lipinski definition) is 5. The molecule has 0 saturated carbocycles. The highest BCUT2D eigenvalue weighted by molar-refractivity contribution is 5.73. The maximum absolute atomic E-state index is 12.3. The Morgan fingerprint density at radius 2 is 1.68 bits per heavy atom. The molecule has 0 heterocycles. The molecular weight excluding hydrogens is 374 g/mol. The average molecular weight is 396 g/mol. The van der Waals surface area contributed by atoms with Gasteiger partial charge in [-0.1, -0.05) is 18.2 Å². The van der Waals surface area contributed by atoms with Gasteiger partial charge < -0.3 is 29.6 Å². The number of urea groups is 1. The van der Waals surface area contributed by atoms with E-state index in [-0.39, 0.29) is 31.2 Å². The van der Waals surface area contributed by atoms with E-state index in [0.717, 1.165) is 0 Å². The summed E-state index contributed by atoms with van der Waals surface area (Å²) in [5.74, 6) is 1.29. The van der Waals surface area contributed by atoms with Gasteiger partial charge in [0.05, 0.1) is 20.8 Å². The van der Waals surface area contributed by atoms with E-state index in [2.05, 4.69) is 15.4 Å². The Labute approximate surface area is 161 Å². The number of hydrogen-bond donors (Lipinski definition) is 2. The lowest BCUT2D eigenvalue weighted by Gasteiger charge is -2.13. The first-order chi connectivity index (χ1) is 13.5. The summed E-state index contributed by atoms with van der Waals surface area (Å²) in [4.78, 5) is 11.9.